The summed E-state index contributed by atoms with van der Waals surface area (Å²) in [5.41, 5.74) is 1.07. The van der Waals surface area contributed by atoms with Gasteiger partial charge >= 0.3 is 0 Å². The van der Waals surface area contributed by atoms with Gasteiger partial charge in [0.2, 0.25) is 5.78 Å². The van der Waals surface area contributed by atoms with Gasteiger partial charge in [0.25, 0.3) is 5.56 Å². The Bertz CT molecular complexity index is 1140. The van der Waals surface area contributed by atoms with Crippen LogP contribution in [-0.4, -0.2) is 19.5 Å². The van der Waals surface area contributed by atoms with Crippen LogP contribution >= 0.6 is 0 Å². The summed E-state index contributed by atoms with van der Waals surface area (Å²) in [6.07, 6.45) is 0. The molecule has 1 atom stereocenters. The zero-order valence-electron chi connectivity index (χ0n) is 12.7. The van der Waals surface area contributed by atoms with Gasteiger partial charge in [0.05, 0.1) is 22.2 Å². The molecule has 2 aromatic carbocycles. The predicted octanol–water partition coefficient (Wildman–Crippen LogP) is 0.696. The summed E-state index contributed by atoms with van der Waals surface area (Å²) in [6, 6.07) is 8.57. The molecule has 25 heavy (non-hydrogen) atoms. The van der Waals surface area contributed by atoms with Crippen LogP contribution in [0, 0.1) is 5.82 Å². The van der Waals surface area contributed by atoms with Crippen molar-refractivity contribution >= 4 is 27.9 Å². The number of halogens is 1. The molecule has 3 N–H and O–H groups in total. The Kier molecular flexibility index (Phi) is 3.57. The number of hydrogen-bond acceptors (Lipinski definition) is 4. The maximum absolute atomic E-state index is 13.4. The van der Waals surface area contributed by atoms with Crippen LogP contribution in [0.15, 0.2) is 41.2 Å². The number of rotatable bonds is 3. The average molecular weight is 358 g/mol. The SMILES string of the molecule is NS(=O)NCc1ccc2c(=O)n3c(nc2c1)C(=O)c1cc(F)ccc1-3. The smallest absolute Gasteiger partial charge is 0.266 e. The maximum Gasteiger partial charge on any atom is 0.266 e. The van der Waals surface area contributed by atoms with E-state index in [1.807, 2.05) is 0 Å². The van der Waals surface area contributed by atoms with Crippen molar-refractivity contribution in [2.24, 2.45) is 5.14 Å². The molecular weight excluding hydrogens is 347 g/mol. The van der Waals surface area contributed by atoms with Gasteiger partial charge in [-0.3, -0.25) is 14.2 Å². The van der Waals surface area contributed by atoms with Crippen LogP contribution in [0.1, 0.15) is 21.7 Å². The van der Waals surface area contributed by atoms with E-state index in [0.717, 1.165) is 6.07 Å². The summed E-state index contributed by atoms with van der Waals surface area (Å²) in [5, 5.41) is 5.47. The van der Waals surface area contributed by atoms with Crippen LogP contribution < -0.4 is 15.4 Å². The average Bonchev–Trinajstić information content (AvgIpc) is 2.85. The minimum Gasteiger partial charge on any atom is -0.285 e. The second kappa shape index (κ2) is 5.66. The van der Waals surface area contributed by atoms with Crippen molar-refractivity contribution in [3.63, 3.8) is 0 Å². The summed E-state index contributed by atoms with van der Waals surface area (Å²) in [4.78, 5) is 29.5. The molecule has 126 valence electrons. The first-order valence-electron chi connectivity index (χ1n) is 7.25. The number of aromatic nitrogens is 2. The number of nitrogens with two attached hydrogens (primary N) is 1. The summed E-state index contributed by atoms with van der Waals surface area (Å²) >= 11 is -1.66. The van der Waals surface area contributed by atoms with E-state index in [-0.39, 0.29) is 17.9 Å². The fourth-order valence-electron chi connectivity index (χ4n) is 2.88. The van der Waals surface area contributed by atoms with Crippen molar-refractivity contribution in [1.82, 2.24) is 14.3 Å². The molecule has 1 aromatic heterocycles. The number of hydrogen-bond donors (Lipinski definition) is 2. The highest BCUT2D eigenvalue weighted by Gasteiger charge is 2.30. The highest BCUT2D eigenvalue weighted by atomic mass is 32.2. The van der Waals surface area contributed by atoms with Crippen LogP contribution in [0.25, 0.3) is 16.6 Å². The monoisotopic (exact) mass is 358 g/mol. The van der Waals surface area contributed by atoms with E-state index in [1.54, 1.807) is 18.2 Å². The first-order chi connectivity index (χ1) is 12.0. The van der Waals surface area contributed by atoms with Gasteiger partial charge in [-0.25, -0.2) is 23.4 Å². The largest absolute Gasteiger partial charge is 0.285 e. The lowest BCUT2D eigenvalue weighted by Crippen LogP contribution is -2.24. The molecule has 0 saturated carbocycles. The Balaban J connectivity index is 1.91. The number of carbonyl (C=O) groups excluding carboxylic acids is 1. The summed E-state index contributed by atoms with van der Waals surface area (Å²) in [6.45, 7) is 0.221. The molecule has 1 unspecified atom stereocenters. The van der Waals surface area contributed by atoms with Crippen molar-refractivity contribution in [2.75, 3.05) is 0 Å². The molecule has 2 heterocycles. The lowest BCUT2D eigenvalue weighted by molar-refractivity contribution is 0.103. The van der Waals surface area contributed by atoms with Crippen LogP contribution in [0.3, 0.4) is 0 Å². The van der Waals surface area contributed by atoms with Gasteiger partial charge < -0.3 is 0 Å². The molecule has 1 aliphatic rings. The van der Waals surface area contributed by atoms with Gasteiger partial charge in [-0.1, -0.05) is 6.07 Å². The zero-order valence-corrected chi connectivity index (χ0v) is 13.5. The lowest BCUT2D eigenvalue weighted by atomic mass is 10.1. The number of nitrogens with zero attached hydrogens (tertiary/aromatic N) is 2. The van der Waals surface area contributed by atoms with E-state index in [4.69, 9.17) is 5.14 Å². The summed E-state index contributed by atoms with van der Waals surface area (Å²) in [7, 11) is 0. The molecule has 7 nitrogen and oxygen atoms in total. The Hall–Kier alpha value is -2.75. The quantitative estimate of drug-likeness (QED) is 0.562. The van der Waals surface area contributed by atoms with E-state index in [2.05, 4.69) is 9.71 Å². The molecule has 1 aliphatic heterocycles. The fraction of sp³-hybridized carbons (Fsp3) is 0.0625. The van der Waals surface area contributed by atoms with Gasteiger partial charge in [0, 0.05) is 6.54 Å². The van der Waals surface area contributed by atoms with Crippen molar-refractivity contribution in [1.29, 1.82) is 0 Å². The Labute approximate surface area is 143 Å². The second-order valence-electron chi connectivity index (χ2n) is 5.54. The molecule has 3 aromatic rings. The van der Waals surface area contributed by atoms with Crippen molar-refractivity contribution in [3.05, 3.63) is 69.5 Å². The van der Waals surface area contributed by atoms with Crippen molar-refractivity contribution < 1.29 is 13.4 Å². The standard InChI is InChI=1S/C16H11FN4O3S/c17-9-2-4-13-11(6-9)14(22)15-20-12-5-8(7-19-25(18)24)1-3-10(12)16(23)21(13)15/h1-6,19H,7,18H2. The topological polar surface area (TPSA) is 107 Å². The van der Waals surface area contributed by atoms with Gasteiger partial charge in [-0.05, 0) is 35.9 Å². The summed E-state index contributed by atoms with van der Waals surface area (Å²) < 4.78 is 28.1. The second-order valence-corrected chi connectivity index (χ2v) is 6.42. The van der Waals surface area contributed by atoms with E-state index >= 15 is 0 Å². The Morgan fingerprint density at radius 1 is 1.20 bits per heavy atom. The minimum absolute atomic E-state index is 0.0504. The number of carbonyl (C=O) groups is 1. The van der Waals surface area contributed by atoms with Crippen LogP contribution in [0.5, 0.6) is 0 Å². The first-order valence-corrected chi connectivity index (χ1v) is 8.47. The Morgan fingerprint density at radius 2 is 2.00 bits per heavy atom. The van der Waals surface area contributed by atoms with Crippen LogP contribution in [0.2, 0.25) is 0 Å². The maximum atomic E-state index is 13.4. The first kappa shape index (κ1) is 15.8. The van der Waals surface area contributed by atoms with Crippen LogP contribution in [0.4, 0.5) is 4.39 Å². The van der Waals surface area contributed by atoms with E-state index in [0.29, 0.717) is 22.2 Å². The normalized spacial score (nSPS) is 13.8. The zero-order chi connectivity index (χ0) is 17.7. The van der Waals surface area contributed by atoms with Gasteiger partial charge in [0.1, 0.15) is 5.82 Å². The van der Waals surface area contributed by atoms with Gasteiger partial charge in [-0.2, -0.15) is 0 Å². The fourth-order valence-corrected chi connectivity index (χ4v) is 3.19. The van der Waals surface area contributed by atoms with Gasteiger partial charge in [0.15, 0.2) is 17.0 Å². The molecule has 0 saturated heterocycles. The highest BCUT2D eigenvalue weighted by molar-refractivity contribution is 7.80. The van der Waals surface area contributed by atoms with Crippen LogP contribution in [-0.2, 0) is 17.7 Å². The lowest BCUT2D eigenvalue weighted by Gasteiger charge is -2.07. The molecule has 0 radical (unpaired) electrons. The van der Waals surface area contributed by atoms with E-state index in [1.165, 1.54) is 16.7 Å². The Morgan fingerprint density at radius 3 is 2.76 bits per heavy atom. The number of fused-ring (bicyclic) bond motifs is 4. The molecular formula is C16H11FN4O3S. The van der Waals surface area contributed by atoms with Crippen molar-refractivity contribution in [2.45, 2.75) is 6.54 Å². The highest BCUT2D eigenvalue weighted by Crippen LogP contribution is 2.27. The van der Waals surface area contributed by atoms with Crippen molar-refractivity contribution in [3.8, 4) is 5.69 Å². The molecule has 0 spiro atoms. The predicted molar refractivity (Wildman–Crippen MR) is 89.9 cm³/mol. The third-order valence-electron chi connectivity index (χ3n) is 4.00. The van der Waals surface area contributed by atoms with E-state index in [9.17, 15) is 18.2 Å². The molecule has 0 bridgehead atoms. The minimum atomic E-state index is -1.66. The molecule has 9 heteroatoms. The molecule has 4 rings (SSSR count). The number of ketones is 1. The van der Waals surface area contributed by atoms with Gasteiger partial charge in [-0.15, -0.1) is 0 Å². The molecule has 0 amide bonds. The third kappa shape index (κ3) is 2.49. The number of benzene rings is 2. The van der Waals surface area contributed by atoms with E-state index < -0.39 is 28.3 Å². The summed E-state index contributed by atoms with van der Waals surface area (Å²) in [5.74, 6) is -1.11. The molecule has 0 aliphatic carbocycles. The number of nitrogens with one attached hydrogen (secondary N) is 1. The third-order valence-corrected chi connectivity index (χ3v) is 4.43. The molecule has 0 fully saturated rings.